The average Bonchev–Trinajstić information content (AvgIpc) is 3.74. The van der Waals surface area contributed by atoms with Crippen molar-refractivity contribution in [1.29, 1.82) is 0 Å². The van der Waals surface area contributed by atoms with Gasteiger partial charge in [-0.1, -0.05) is 103 Å². The van der Waals surface area contributed by atoms with Crippen LogP contribution in [-0.2, 0) is 0 Å². The molecule has 0 fully saturated rings. The van der Waals surface area contributed by atoms with Gasteiger partial charge in [0.05, 0.1) is 31.6 Å². The Morgan fingerprint density at radius 1 is 0.442 bits per heavy atom. The number of hydrogen-bond acceptors (Lipinski definition) is 4. The van der Waals surface area contributed by atoms with Gasteiger partial charge < -0.3 is 0 Å². The van der Waals surface area contributed by atoms with E-state index in [0.29, 0.717) is 5.95 Å². The van der Waals surface area contributed by atoms with Gasteiger partial charge in [0.1, 0.15) is 0 Å². The van der Waals surface area contributed by atoms with Crippen molar-refractivity contribution in [1.82, 2.24) is 14.5 Å². The lowest BCUT2D eigenvalue weighted by Crippen LogP contribution is -2.03. The number of rotatable bonds is 2. The standard InChI is InChI=1S/C38H21N3S2/c1-2-10-22(11-3-1)34-27-13-4-7-15-29(27)39-38(40-34)41-30-16-8-5-14-28(30)33-31(41)21-20-25-26-19-18-24-23-12-6-9-17-32(23)42-36(24)37(26)43-35(25)33/h1-21H. The molecule has 0 atom stereocenters. The average molecular weight is 584 g/mol. The van der Waals surface area contributed by atoms with Crippen molar-refractivity contribution >= 4 is 95.7 Å². The molecule has 0 aliphatic rings. The van der Waals surface area contributed by atoms with Gasteiger partial charge in [-0.15, -0.1) is 22.7 Å². The highest BCUT2D eigenvalue weighted by Crippen LogP contribution is 2.48. The Bertz CT molecular complexity index is 2730. The second kappa shape index (κ2) is 8.71. The third kappa shape index (κ3) is 3.23. The molecule has 4 heterocycles. The van der Waals surface area contributed by atoms with E-state index in [1.807, 2.05) is 28.7 Å². The van der Waals surface area contributed by atoms with Crippen LogP contribution in [0.15, 0.2) is 127 Å². The van der Waals surface area contributed by atoms with E-state index in [9.17, 15) is 0 Å². The second-order valence-corrected chi connectivity index (χ2v) is 13.0. The minimum Gasteiger partial charge on any atom is -0.278 e. The third-order valence-corrected chi connectivity index (χ3v) is 11.2. The summed E-state index contributed by atoms with van der Waals surface area (Å²) in [6.45, 7) is 0. The Labute approximate surface area is 253 Å². The fourth-order valence-corrected chi connectivity index (χ4v) is 9.42. The molecule has 43 heavy (non-hydrogen) atoms. The zero-order valence-electron chi connectivity index (χ0n) is 22.8. The number of para-hydroxylation sites is 2. The van der Waals surface area contributed by atoms with Gasteiger partial charge in [-0.05, 0) is 24.3 Å². The molecular weight excluding hydrogens is 563 g/mol. The van der Waals surface area contributed by atoms with Crippen LogP contribution in [-0.4, -0.2) is 14.5 Å². The molecule has 0 amide bonds. The number of nitrogens with zero attached hydrogens (tertiary/aromatic N) is 3. The Morgan fingerprint density at radius 3 is 1.98 bits per heavy atom. The number of hydrogen-bond donors (Lipinski definition) is 0. The molecule has 0 aliphatic carbocycles. The smallest absolute Gasteiger partial charge is 0.235 e. The van der Waals surface area contributed by atoms with Gasteiger partial charge in [0.25, 0.3) is 0 Å². The second-order valence-electron chi connectivity index (χ2n) is 11.0. The predicted octanol–water partition coefficient (Wildman–Crippen LogP) is 11.1. The fraction of sp³-hybridized carbons (Fsp3) is 0. The van der Waals surface area contributed by atoms with E-state index in [1.54, 1.807) is 0 Å². The molecule has 6 aromatic carbocycles. The number of thiophene rings is 2. The summed E-state index contributed by atoms with van der Waals surface area (Å²) >= 11 is 3.82. The van der Waals surface area contributed by atoms with E-state index in [1.165, 1.54) is 51.1 Å². The van der Waals surface area contributed by atoms with Crippen LogP contribution < -0.4 is 0 Å². The summed E-state index contributed by atoms with van der Waals surface area (Å²) < 4.78 is 7.65. The zero-order chi connectivity index (χ0) is 28.1. The first kappa shape index (κ1) is 23.5. The summed E-state index contributed by atoms with van der Waals surface area (Å²) in [4.78, 5) is 10.4. The monoisotopic (exact) mass is 583 g/mol. The quantitative estimate of drug-likeness (QED) is 0.203. The van der Waals surface area contributed by atoms with Gasteiger partial charge in [-0.2, -0.15) is 0 Å². The molecule has 0 aliphatic heterocycles. The molecule has 0 N–H and O–H groups in total. The van der Waals surface area contributed by atoms with Crippen LogP contribution in [0, 0.1) is 0 Å². The topological polar surface area (TPSA) is 30.7 Å². The van der Waals surface area contributed by atoms with Gasteiger partial charge in [0, 0.05) is 52.7 Å². The zero-order valence-corrected chi connectivity index (χ0v) is 24.4. The summed E-state index contributed by atoms with van der Waals surface area (Å²) in [5, 5.41) is 8.85. The van der Waals surface area contributed by atoms with Gasteiger partial charge in [-0.25, -0.2) is 9.97 Å². The maximum atomic E-state index is 5.26. The van der Waals surface area contributed by atoms with Gasteiger partial charge >= 0.3 is 0 Å². The fourth-order valence-electron chi connectivity index (χ4n) is 6.72. The van der Waals surface area contributed by atoms with E-state index in [4.69, 9.17) is 9.97 Å². The third-order valence-electron chi connectivity index (χ3n) is 8.63. The van der Waals surface area contributed by atoms with Gasteiger partial charge in [0.15, 0.2) is 0 Å². The number of aromatic nitrogens is 3. The van der Waals surface area contributed by atoms with Crippen molar-refractivity contribution in [2.45, 2.75) is 0 Å². The number of fused-ring (bicyclic) bond motifs is 12. The van der Waals surface area contributed by atoms with Crippen LogP contribution in [0.3, 0.4) is 0 Å². The minimum atomic E-state index is 0.691. The summed E-state index contributed by atoms with van der Waals surface area (Å²) in [5.74, 6) is 0.691. The maximum absolute atomic E-state index is 5.26. The SMILES string of the molecule is c1ccc(-c2nc(-n3c4ccccc4c4c5sc6c(ccc7c8ccccc8sc76)c5ccc43)nc3ccccc23)cc1. The summed E-state index contributed by atoms with van der Waals surface area (Å²) in [7, 11) is 0. The Kier molecular flexibility index (Phi) is 4.75. The molecule has 0 unspecified atom stereocenters. The molecule has 200 valence electrons. The highest BCUT2D eigenvalue weighted by atomic mass is 32.1. The number of benzene rings is 6. The van der Waals surface area contributed by atoms with Crippen LogP contribution >= 0.6 is 22.7 Å². The molecule has 3 nitrogen and oxygen atoms in total. The van der Waals surface area contributed by atoms with Crippen molar-refractivity contribution in [3.8, 4) is 17.2 Å². The largest absolute Gasteiger partial charge is 0.278 e. The van der Waals surface area contributed by atoms with Crippen molar-refractivity contribution in [2.75, 3.05) is 0 Å². The van der Waals surface area contributed by atoms with E-state index in [0.717, 1.165) is 33.2 Å². The van der Waals surface area contributed by atoms with E-state index in [-0.39, 0.29) is 0 Å². The first-order chi connectivity index (χ1) is 21.3. The van der Waals surface area contributed by atoms with Crippen molar-refractivity contribution < 1.29 is 0 Å². The summed E-state index contributed by atoms with van der Waals surface area (Å²) in [6.07, 6.45) is 0. The summed E-state index contributed by atoms with van der Waals surface area (Å²) in [6, 6.07) is 45.4. The summed E-state index contributed by atoms with van der Waals surface area (Å²) in [5.41, 5.74) is 5.21. The van der Waals surface area contributed by atoms with E-state index >= 15 is 0 Å². The van der Waals surface area contributed by atoms with Crippen LogP contribution in [0.4, 0.5) is 0 Å². The van der Waals surface area contributed by atoms with Crippen LogP contribution in [0.25, 0.3) is 90.3 Å². The molecule has 10 rings (SSSR count). The van der Waals surface area contributed by atoms with Crippen LogP contribution in [0.5, 0.6) is 0 Å². The lowest BCUT2D eigenvalue weighted by Gasteiger charge is -2.11. The molecule has 4 aromatic heterocycles. The molecule has 0 spiro atoms. The Hall–Kier alpha value is -5.10. The normalized spacial score (nSPS) is 12.2. The molecule has 5 heteroatoms. The lowest BCUT2D eigenvalue weighted by molar-refractivity contribution is 1.01. The van der Waals surface area contributed by atoms with Crippen molar-refractivity contribution in [3.05, 3.63) is 127 Å². The molecule has 0 radical (unpaired) electrons. The highest BCUT2D eigenvalue weighted by Gasteiger charge is 2.21. The molecule has 0 bridgehead atoms. The minimum absolute atomic E-state index is 0.691. The Balaban J connectivity index is 1.33. The van der Waals surface area contributed by atoms with E-state index < -0.39 is 0 Å². The van der Waals surface area contributed by atoms with Crippen molar-refractivity contribution in [2.24, 2.45) is 0 Å². The first-order valence-electron chi connectivity index (χ1n) is 14.3. The van der Waals surface area contributed by atoms with Crippen molar-refractivity contribution in [3.63, 3.8) is 0 Å². The maximum Gasteiger partial charge on any atom is 0.235 e. The molecular formula is C38H21N3S2. The Morgan fingerprint density at radius 2 is 1.09 bits per heavy atom. The van der Waals surface area contributed by atoms with Crippen LogP contribution in [0.1, 0.15) is 0 Å². The lowest BCUT2D eigenvalue weighted by atomic mass is 10.1. The van der Waals surface area contributed by atoms with Gasteiger partial charge in [0.2, 0.25) is 5.95 Å². The van der Waals surface area contributed by atoms with E-state index in [2.05, 4.69) is 126 Å². The van der Waals surface area contributed by atoms with Crippen LogP contribution in [0.2, 0.25) is 0 Å². The van der Waals surface area contributed by atoms with Gasteiger partial charge in [-0.3, -0.25) is 4.57 Å². The molecule has 10 aromatic rings. The highest BCUT2D eigenvalue weighted by molar-refractivity contribution is 7.34. The first-order valence-corrected chi connectivity index (χ1v) is 16.0. The predicted molar refractivity (Wildman–Crippen MR) is 185 cm³/mol. The molecule has 0 saturated heterocycles. The molecule has 0 saturated carbocycles.